The molecule has 2 aromatic rings. The van der Waals surface area contributed by atoms with Crippen molar-refractivity contribution in [2.45, 2.75) is 25.3 Å². The van der Waals surface area contributed by atoms with Crippen molar-refractivity contribution >= 4 is 0 Å². The minimum absolute atomic E-state index is 0.106. The van der Waals surface area contributed by atoms with Crippen molar-refractivity contribution in [3.8, 4) is 5.75 Å². The summed E-state index contributed by atoms with van der Waals surface area (Å²) in [6.45, 7) is 0. The Balaban J connectivity index is 1.83. The maximum absolute atomic E-state index is 6.51. The van der Waals surface area contributed by atoms with Crippen LogP contribution in [-0.2, 0) is 12.8 Å². The van der Waals surface area contributed by atoms with Crippen LogP contribution in [0.3, 0.4) is 0 Å². The minimum atomic E-state index is 0.106. The fourth-order valence-electron chi connectivity index (χ4n) is 3.16. The molecule has 0 radical (unpaired) electrons. The molecule has 0 fully saturated rings. The summed E-state index contributed by atoms with van der Waals surface area (Å²) in [6, 6.07) is 17.0. The van der Waals surface area contributed by atoms with E-state index < -0.39 is 0 Å². The predicted molar refractivity (Wildman–Crippen MR) is 81.9 cm³/mol. The molecule has 3 rings (SSSR count). The highest BCUT2D eigenvalue weighted by Crippen LogP contribution is 2.36. The zero-order chi connectivity index (χ0) is 13.9. The van der Waals surface area contributed by atoms with Crippen molar-refractivity contribution < 1.29 is 4.74 Å². The predicted octanol–water partition coefficient (Wildman–Crippen LogP) is 3.50. The van der Waals surface area contributed by atoms with Gasteiger partial charge in [-0.05, 0) is 54.0 Å². The van der Waals surface area contributed by atoms with E-state index >= 15 is 0 Å². The molecule has 0 heterocycles. The molecule has 2 heteroatoms. The van der Waals surface area contributed by atoms with Gasteiger partial charge in [0.25, 0.3) is 0 Å². The maximum Gasteiger partial charge on any atom is 0.119 e. The summed E-state index contributed by atoms with van der Waals surface area (Å²) in [5, 5.41) is 0. The fourth-order valence-corrected chi connectivity index (χ4v) is 3.16. The van der Waals surface area contributed by atoms with E-state index in [1.165, 1.54) is 16.7 Å². The van der Waals surface area contributed by atoms with Crippen molar-refractivity contribution in [2.75, 3.05) is 7.11 Å². The lowest BCUT2D eigenvalue weighted by atomic mass is 9.77. The summed E-state index contributed by atoms with van der Waals surface area (Å²) in [4.78, 5) is 0. The topological polar surface area (TPSA) is 35.2 Å². The van der Waals surface area contributed by atoms with E-state index in [1.54, 1.807) is 7.11 Å². The second kappa shape index (κ2) is 5.68. The van der Waals surface area contributed by atoms with Crippen molar-refractivity contribution in [1.82, 2.24) is 0 Å². The molecule has 104 valence electrons. The summed E-state index contributed by atoms with van der Waals surface area (Å²) in [5.41, 5.74) is 10.5. The smallest absolute Gasteiger partial charge is 0.119 e. The number of hydrogen-bond acceptors (Lipinski definition) is 2. The molecule has 2 N–H and O–H groups in total. The van der Waals surface area contributed by atoms with Crippen molar-refractivity contribution in [2.24, 2.45) is 11.7 Å². The number of rotatable bonds is 3. The molecule has 1 aliphatic carbocycles. The van der Waals surface area contributed by atoms with Gasteiger partial charge in [-0.15, -0.1) is 0 Å². The number of aryl methyl sites for hydroxylation is 1. The van der Waals surface area contributed by atoms with Crippen LogP contribution in [0.25, 0.3) is 0 Å². The highest BCUT2D eigenvalue weighted by atomic mass is 16.5. The van der Waals surface area contributed by atoms with Gasteiger partial charge in [0.15, 0.2) is 0 Å². The molecule has 0 amide bonds. The Morgan fingerprint density at radius 3 is 2.70 bits per heavy atom. The number of benzene rings is 2. The molecule has 2 nitrogen and oxygen atoms in total. The molecule has 2 atom stereocenters. The second-order valence-electron chi connectivity index (χ2n) is 5.58. The second-order valence-corrected chi connectivity index (χ2v) is 5.58. The monoisotopic (exact) mass is 267 g/mol. The van der Waals surface area contributed by atoms with Gasteiger partial charge in [-0.25, -0.2) is 0 Å². The molecule has 0 saturated heterocycles. The lowest BCUT2D eigenvalue weighted by molar-refractivity contribution is 0.371. The van der Waals surface area contributed by atoms with Gasteiger partial charge in [0.05, 0.1) is 7.11 Å². The first-order valence-corrected chi connectivity index (χ1v) is 7.24. The number of nitrogens with two attached hydrogens (primary N) is 1. The van der Waals surface area contributed by atoms with Crippen LogP contribution in [0.2, 0.25) is 0 Å². The Bertz CT molecular complexity index is 579. The highest BCUT2D eigenvalue weighted by molar-refractivity contribution is 5.39. The molecule has 1 aliphatic rings. The normalized spacial score (nSPS) is 21.3. The van der Waals surface area contributed by atoms with E-state index in [0.29, 0.717) is 5.92 Å². The van der Waals surface area contributed by atoms with Crippen LogP contribution in [0.5, 0.6) is 5.75 Å². The van der Waals surface area contributed by atoms with Crippen molar-refractivity contribution in [3.63, 3.8) is 0 Å². The van der Waals surface area contributed by atoms with Crippen molar-refractivity contribution in [3.05, 3.63) is 65.2 Å². The molecule has 0 aromatic heterocycles. The first-order valence-electron chi connectivity index (χ1n) is 7.24. The van der Waals surface area contributed by atoms with Gasteiger partial charge in [0.2, 0.25) is 0 Å². The average molecular weight is 267 g/mol. The zero-order valence-corrected chi connectivity index (χ0v) is 11.9. The molecule has 20 heavy (non-hydrogen) atoms. The van der Waals surface area contributed by atoms with Crippen LogP contribution in [0.1, 0.15) is 29.2 Å². The third-order valence-corrected chi connectivity index (χ3v) is 4.35. The molecule has 0 bridgehead atoms. The first kappa shape index (κ1) is 13.2. The van der Waals surface area contributed by atoms with Crippen LogP contribution in [0.4, 0.5) is 0 Å². The van der Waals surface area contributed by atoms with E-state index in [-0.39, 0.29) is 6.04 Å². The summed E-state index contributed by atoms with van der Waals surface area (Å²) in [5.74, 6) is 1.41. The minimum Gasteiger partial charge on any atom is -0.497 e. The summed E-state index contributed by atoms with van der Waals surface area (Å²) in [7, 11) is 1.71. The quantitative estimate of drug-likeness (QED) is 0.923. The van der Waals surface area contributed by atoms with E-state index in [1.807, 2.05) is 6.07 Å². The van der Waals surface area contributed by atoms with Gasteiger partial charge in [-0.1, -0.05) is 36.4 Å². The van der Waals surface area contributed by atoms with Gasteiger partial charge < -0.3 is 10.5 Å². The molecule has 2 unspecified atom stereocenters. The molecule has 0 spiro atoms. The Hall–Kier alpha value is -1.80. The third-order valence-electron chi connectivity index (χ3n) is 4.35. The molecular formula is C18H21NO. The number of fused-ring (bicyclic) bond motifs is 1. The van der Waals surface area contributed by atoms with E-state index in [2.05, 4.69) is 42.5 Å². The number of ether oxygens (including phenoxy) is 1. The van der Waals surface area contributed by atoms with Gasteiger partial charge in [-0.2, -0.15) is 0 Å². The van der Waals surface area contributed by atoms with Crippen LogP contribution in [0.15, 0.2) is 48.5 Å². The highest BCUT2D eigenvalue weighted by Gasteiger charge is 2.27. The molecule has 0 aliphatic heterocycles. The van der Waals surface area contributed by atoms with Crippen LogP contribution >= 0.6 is 0 Å². The zero-order valence-electron chi connectivity index (χ0n) is 11.9. The van der Waals surface area contributed by atoms with Gasteiger partial charge in [0, 0.05) is 6.04 Å². The largest absolute Gasteiger partial charge is 0.497 e. The van der Waals surface area contributed by atoms with E-state index in [4.69, 9.17) is 10.5 Å². The van der Waals surface area contributed by atoms with Crippen LogP contribution < -0.4 is 10.5 Å². The van der Waals surface area contributed by atoms with E-state index in [9.17, 15) is 0 Å². The SMILES string of the molecule is COc1ccc2c(c1)C(N)C(Cc1ccccc1)CC2. The van der Waals surface area contributed by atoms with Crippen LogP contribution in [-0.4, -0.2) is 7.11 Å². The third kappa shape index (κ3) is 2.56. The maximum atomic E-state index is 6.51. The Kier molecular flexibility index (Phi) is 3.75. The Morgan fingerprint density at radius 2 is 1.95 bits per heavy atom. The van der Waals surface area contributed by atoms with Crippen molar-refractivity contribution in [1.29, 1.82) is 0 Å². The Labute approximate surface area is 120 Å². The number of methoxy groups -OCH3 is 1. The first-order chi connectivity index (χ1) is 9.78. The lowest BCUT2D eigenvalue weighted by Gasteiger charge is -2.31. The van der Waals surface area contributed by atoms with Gasteiger partial charge in [0.1, 0.15) is 5.75 Å². The number of hydrogen-bond donors (Lipinski definition) is 1. The fraction of sp³-hybridized carbons (Fsp3) is 0.333. The lowest BCUT2D eigenvalue weighted by Crippen LogP contribution is -2.28. The summed E-state index contributed by atoms with van der Waals surface area (Å²) in [6.07, 6.45) is 3.33. The Morgan fingerprint density at radius 1 is 1.15 bits per heavy atom. The van der Waals surface area contributed by atoms with Gasteiger partial charge in [-0.3, -0.25) is 0 Å². The molecule has 2 aromatic carbocycles. The molecular weight excluding hydrogens is 246 g/mol. The summed E-state index contributed by atoms with van der Waals surface area (Å²) >= 11 is 0. The summed E-state index contributed by atoms with van der Waals surface area (Å²) < 4.78 is 5.33. The van der Waals surface area contributed by atoms with Crippen LogP contribution in [0, 0.1) is 5.92 Å². The molecule has 0 saturated carbocycles. The standard InChI is InChI=1S/C18H21NO/c1-20-16-10-9-14-7-8-15(18(19)17(14)12-16)11-13-5-3-2-4-6-13/h2-6,9-10,12,15,18H,7-8,11,19H2,1H3. The van der Waals surface area contributed by atoms with E-state index in [0.717, 1.165) is 25.0 Å². The van der Waals surface area contributed by atoms with Gasteiger partial charge >= 0.3 is 0 Å². The average Bonchev–Trinajstić information content (AvgIpc) is 2.51.